The smallest absolute Gasteiger partial charge is 0.0541 e. The molecule has 0 radical (unpaired) electrons. The Balaban J connectivity index is 1.07. The molecule has 59 heavy (non-hydrogen) atoms. The van der Waals surface area contributed by atoms with E-state index in [0.29, 0.717) is 0 Å². The van der Waals surface area contributed by atoms with Crippen molar-refractivity contribution in [1.29, 1.82) is 0 Å². The molecule has 0 aliphatic rings. The Bertz CT molecular complexity index is 3280. The van der Waals surface area contributed by atoms with Crippen molar-refractivity contribution in [3.05, 3.63) is 230 Å². The molecule has 0 aliphatic carbocycles. The first-order valence-corrected chi connectivity index (χ1v) is 20.3. The van der Waals surface area contributed by atoms with Crippen LogP contribution in [-0.2, 0) is 0 Å². The molecule has 0 atom stereocenters. The predicted molar refractivity (Wildman–Crippen MR) is 252 cm³/mol. The van der Waals surface area contributed by atoms with Crippen LogP contribution in [0.2, 0.25) is 0 Å². The quantitative estimate of drug-likeness (QED) is 0.147. The summed E-state index contributed by atoms with van der Waals surface area (Å²) in [7, 11) is 0. The number of nitrogens with zero attached hydrogens (tertiary/aromatic N) is 2. The van der Waals surface area contributed by atoms with Gasteiger partial charge in [0.15, 0.2) is 0 Å². The van der Waals surface area contributed by atoms with Gasteiger partial charge in [-0.25, -0.2) is 0 Å². The van der Waals surface area contributed by atoms with Crippen molar-refractivity contribution in [1.82, 2.24) is 4.57 Å². The van der Waals surface area contributed by atoms with Gasteiger partial charge in [0.1, 0.15) is 0 Å². The summed E-state index contributed by atoms with van der Waals surface area (Å²) in [4.78, 5) is 2.42. The van der Waals surface area contributed by atoms with E-state index in [-0.39, 0.29) is 0 Å². The largest absolute Gasteiger partial charge is 0.310 e. The van der Waals surface area contributed by atoms with E-state index in [4.69, 9.17) is 0 Å². The van der Waals surface area contributed by atoms with Crippen LogP contribution in [0.4, 0.5) is 17.1 Å². The highest BCUT2D eigenvalue weighted by Crippen LogP contribution is 2.43. The highest BCUT2D eigenvalue weighted by atomic mass is 15.1. The Kier molecular flexibility index (Phi) is 8.41. The molecule has 0 spiro atoms. The van der Waals surface area contributed by atoms with Crippen LogP contribution in [0.25, 0.3) is 82.4 Å². The number of benzene rings is 10. The minimum atomic E-state index is 1.08. The summed E-state index contributed by atoms with van der Waals surface area (Å²) in [6, 6.07) is 81.8. The number of hydrogen-bond donors (Lipinski definition) is 0. The fraction of sp³-hybridized carbons (Fsp3) is 0.0175. The molecule has 2 nitrogen and oxygen atoms in total. The highest BCUT2D eigenvalue weighted by Gasteiger charge is 2.20. The van der Waals surface area contributed by atoms with Crippen molar-refractivity contribution < 1.29 is 0 Å². The van der Waals surface area contributed by atoms with E-state index < -0.39 is 0 Å². The lowest BCUT2D eigenvalue weighted by Crippen LogP contribution is -2.11. The van der Waals surface area contributed by atoms with Gasteiger partial charge in [-0.3, -0.25) is 0 Å². The normalized spacial score (nSPS) is 11.5. The van der Waals surface area contributed by atoms with Crippen LogP contribution in [0.1, 0.15) is 5.56 Å². The van der Waals surface area contributed by atoms with E-state index in [0.717, 1.165) is 28.3 Å². The highest BCUT2D eigenvalue weighted by molar-refractivity contribution is 6.12. The zero-order valence-corrected chi connectivity index (χ0v) is 32.8. The Morgan fingerprint density at radius 3 is 1.63 bits per heavy atom. The molecule has 1 aromatic heterocycles. The molecule has 10 aromatic carbocycles. The topological polar surface area (TPSA) is 8.17 Å². The van der Waals surface area contributed by atoms with E-state index in [1.165, 1.54) is 76.7 Å². The van der Waals surface area contributed by atoms with Crippen LogP contribution >= 0.6 is 0 Å². The number of hydrogen-bond acceptors (Lipinski definition) is 1. The molecule has 278 valence electrons. The fourth-order valence-electron chi connectivity index (χ4n) is 9.12. The van der Waals surface area contributed by atoms with E-state index in [1.807, 2.05) is 0 Å². The maximum absolute atomic E-state index is 2.42. The second-order valence-electron chi connectivity index (χ2n) is 15.4. The minimum absolute atomic E-state index is 1.08. The molecule has 1 heterocycles. The van der Waals surface area contributed by atoms with Gasteiger partial charge in [0.25, 0.3) is 0 Å². The SMILES string of the molecule is Cc1ccccc1-c1ccc(-c2ccccc2N(c2ccc(-c3cccc4c3ccc3ccccc34)cc2)c2cccc(-n3c4ccccc4c4ccccc43)c2)cc1. The molecule has 11 aromatic rings. The first-order chi connectivity index (χ1) is 29.2. The summed E-state index contributed by atoms with van der Waals surface area (Å²) in [5, 5.41) is 7.57. The van der Waals surface area contributed by atoms with Gasteiger partial charge in [0, 0.05) is 33.4 Å². The van der Waals surface area contributed by atoms with E-state index in [1.54, 1.807) is 0 Å². The van der Waals surface area contributed by atoms with Gasteiger partial charge in [-0.15, -0.1) is 0 Å². The Morgan fingerprint density at radius 1 is 0.339 bits per heavy atom. The molecule has 0 unspecified atom stereocenters. The van der Waals surface area contributed by atoms with Crippen molar-refractivity contribution in [2.45, 2.75) is 6.92 Å². The van der Waals surface area contributed by atoms with Crippen molar-refractivity contribution >= 4 is 60.4 Å². The maximum Gasteiger partial charge on any atom is 0.0541 e. The van der Waals surface area contributed by atoms with Crippen molar-refractivity contribution in [2.24, 2.45) is 0 Å². The zero-order valence-electron chi connectivity index (χ0n) is 32.8. The average molecular weight is 753 g/mol. The van der Waals surface area contributed by atoms with Crippen LogP contribution in [0, 0.1) is 6.92 Å². The van der Waals surface area contributed by atoms with E-state index >= 15 is 0 Å². The van der Waals surface area contributed by atoms with Crippen molar-refractivity contribution in [3.8, 4) is 39.1 Å². The molecule has 2 heteroatoms. The van der Waals surface area contributed by atoms with Gasteiger partial charge in [0.2, 0.25) is 0 Å². The molecule has 0 bridgehead atoms. The number of rotatable bonds is 7. The molecule has 11 rings (SSSR count). The molecule has 0 saturated heterocycles. The predicted octanol–water partition coefficient (Wildman–Crippen LogP) is 15.9. The second kappa shape index (κ2) is 14.4. The van der Waals surface area contributed by atoms with Gasteiger partial charge in [-0.2, -0.15) is 0 Å². The summed E-state index contributed by atoms with van der Waals surface area (Å²) in [6.07, 6.45) is 0. The first-order valence-electron chi connectivity index (χ1n) is 20.3. The summed E-state index contributed by atoms with van der Waals surface area (Å²) >= 11 is 0. The van der Waals surface area contributed by atoms with Gasteiger partial charge < -0.3 is 9.47 Å². The third-order valence-electron chi connectivity index (χ3n) is 11.9. The number of para-hydroxylation sites is 3. The third kappa shape index (κ3) is 5.97. The van der Waals surface area contributed by atoms with Crippen LogP contribution in [-0.4, -0.2) is 4.57 Å². The van der Waals surface area contributed by atoms with Crippen LogP contribution in [0.15, 0.2) is 224 Å². The number of fused-ring (bicyclic) bond motifs is 6. The number of aryl methyl sites for hydroxylation is 1. The molecular formula is C57H40N2. The van der Waals surface area contributed by atoms with Gasteiger partial charge in [-0.1, -0.05) is 176 Å². The molecule has 0 N–H and O–H groups in total. The Labute approximate surface area is 344 Å². The zero-order chi connectivity index (χ0) is 39.3. The fourth-order valence-corrected chi connectivity index (χ4v) is 9.12. The lowest BCUT2D eigenvalue weighted by molar-refractivity contribution is 1.17. The standard InChI is InChI=1S/C57H40N2/c1-39-14-2-4-18-47(39)41-28-30-43(31-29-41)50-20-6-9-25-55(50)58(45-16-12-17-46(38-45)59-56-26-10-7-21-53(56)54-22-8-11-27-57(54)59)44-35-32-42(33-36-44)49-23-13-24-51-48-19-5-3-15-40(48)34-37-52(49)51/h2-38H,1H3. The number of anilines is 3. The maximum atomic E-state index is 2.42. The van der Waals surface area contributed by atoms with Crippen LogP contribution in [0.3, 0.4) is 0 Å². The third-order valence-corrected chi connectivity index (χ3v) is 11.9. The molecule has 0 amide bonds. The average Bonchev–Trinajstić information content (AvgIpc) is 3.64. The van der Waals surface area contributed by atoms with Crippen LogP contribution < -0.4 is 4.90 Å². The van der Waals surface area contributed by atoms with Gasteiger partial charge in [0.05, 0.1) is 16.7 Å². The molecule has 0 aliphatic heterocycles. The first kappa shape index (κ1) is 34.6. The Hall–Kier alpha value is -7.68. The lowest BCUT2D eigenvalue weighted by Gasteiger charge is -2.28. The van der Waals surface area contributed by atoms with E-state index in [2.05, 4.69) is 241 Å². The van der Waals surface area contributed by atoms with Gasteiger partial charge in [-0.05, 0) is 110 Å². The summed E-state index contributed by atoms with van der Waals surface area (Å²) in [5.41, 5.74) is 15.3. The molecular weight excluding hydrogens is 713 g/mol. The lowest BCUT2D eigenvalue weighted by atomic mass is 9.94. The Morgan fingerprint density at radius 2 is 0.881 bits per heavy atom. The number of aromatic nitrogens is 1. The molecule has 0 fully saturated rings. The summed E-state index contributed by atoms with van der Waals surface area (Å²) in [5.74, 6) is 0. The second-order valence-corrected chi connectivity index (χ2v) is 15.4. The van der Waals surface area contributed by atoms with Crippen LogP contribution in [0.5, 0.6) is 0 Å². The summed E-state index contributed by atoms with van der Waals surface area (Å²) in [6.45, 7) is 2.18. The summed E-state index contributed by atoms with van der Waals surface area (Å²) < 4.78 is 2.40. The van der Waals surface area contributed by atoms with E-state index in [9.17, 15) is 0 Å². The minimum Gasteiger partial charge on any atom is -0.310 e. The van der Waals surface area contributed by atoms with Gasteiger partial charge >= 0.3 is 0 Å². The molecule has 0 saturated carbocycles. The monoisotopic (exact) mass is 752 g/mol. The van der Waals surface area contributed by atoms with Crippen molar-refractivity contribution in [2.75, 3.05) is 4.90 Å². The van der Waals surface area contributed by atoms with Crippen molar-refractivity contribution in [3.63, 3.8) is 0 Å².